The predicted molar refractivity (Wildman–Crippen MR) is 48.9 cm³/mol. The minimum Gasteiger partial charge on any atom is -0.458 e. The number of ether oxygens (including phenoxy) is 3. The molecule has 2 aliphatic heterocycles. The van der Waals surface area contributed by atoms with Crippen molar-refractivity contribution < 1.29 is 19.0 Å². The molecule has 80 valence electrons. The summed E-state index contributed by atoms with van der Waals surface area (Å²) in [5.74, 6) is -0.208. The van der Waals surface area contributed by atoms with Gasteiger partial charge in [-0.05, 0) is 19.3 Å². The third-order valence-electron chi connectivity index (χ3n) is 2.61. The lowest BCUT2D eigenvalue weighted by Gasteiger charge is -2.22. The Labute approximate surface area is 83.5 Å². The van der Waals surface area contributed by atoms with E-state index < -0.39 is 0 Å². The predicted octanol–water partition coefficient (Wildman–Crippen LogP) is 0.888. The molecule has 0 radical (unpaired) electrons. The van der Waals surface area contributed by atoms with Crippen LogP contribution >= 0.6 is 0 Å². The highest BCUT2D eigenvalue weighted by Gasteiger charge is 2.27. The Morgan fingerprint density at radius 3 is 2.79 bits per heavy atom. The molecule has 2 fully saturated rings. The summed E-state index contributed by atoms with van der Waals surface area (Å²) in [7, 11) is 0. The van der Waals surface area contributed by atoms with Gasteiger partial charge in [-0.25, -0.2) is 4.79 Å². The summed E-state index contributed by atoms with van der Waals surface area (Å²) < 4.78 is 15.7. The molecule has 2 saturated heterocycles. The van der Waals surface area contributed by atoms with Crippen LogP contribution in [0.3, 0.4) is 0 Å². The van der Waals surface area contributed by atoms with E-state index in [4.69, 9.17) is 14.2 Å². The Morgan fingerprint density at radius 2 is 2.14 bits per heavy atom. The highest BCUT2D eigenvalue weighted by atomic mass is 16.6. The van der Waals surface area contributed by atoms with Crippen LogP contribution in [0.4, 0.5) is 0 Å². The number of esters is 1. The Bertz CT molecular complexity index is 192. The second-order valence-electron chi connectivity index (χ2n) is 3.78. The summed E-state index contributed by atoms with van der Waals surface area (Å²) in [6.45, 7) is 1.92. The van der Waals surface area contributed by atoms with E-state index in [-0.39, 0.29) is 18.2 Å². The molecule has 0 aliphatic carbocycles. The maximum absolute atomic E-state index is 11.6. The number of hydrogen-bond acceptors (Lipinski definition) is 4. The monoisotopic (exact) mass is 200 g/mol. The molecule has 0 N–H and O–H groups in total. The van der Waals surface area contributed by atoms with Crippen molar-refractivity contribution in [1.29, 1.82) is 0 Å². The van der Waals surface area contributed by atoms with Crippen LogP contribution in [0.15, 0.2) is 0 Å². The van der Waals surface area contributed by atoms with E-state index in [2.05, 4.69) is 0 Å². The summed E-state index contributed by atoms with van der Waals surface area (Å²) in [6, 6.07) is 0. The summed E-state index contributed by atoms with van der Waals surface area (Å²) >= 11 is 0. The largest absolute Gasteiger partial charge is 0.458 e. The Balaban J connectivity index is 1.75. The van der Waals surface area contributed by atoms with Gasteiger partial charge in [0.05, 0.1) is 13.2 Å². The van der Waals surface area contributed by atoms with Gasteiger partial charge in [0, 0.05) is 13.0 Å². The normalized spacial score (nSPS) is 32.9. The van der Waals surface area contributed by atoms with Crippen LogP contribution in [0.1, 0.15) is 25.7 Å². The van der Waals surface area contributed by atoms with Crippen LogP contribution in [-0.2, 0) is 19.0 Å². The lowest BCUT2D eigenvalue weighted by atomic mass is 10.1. The molecule has 2 atom stereocenters. The maximum atomic E-state index is 11.6. The quantitative estimate of drug-likeness (QED) is 0.621. The minimum absolute atomic E-state index is 0.0481. The Kier molecular flexibility index (Phi) is 3.37. The third kappa shape index (κ3) is 2.45. The van der Waals surface area contributed by atoms with E-state index >= 15 is 0 Å². The summed E-state index contributed by atoms with van der Waals surface area (Å²) in [4.78, 5) is 11.6. The SMILES string of the molecule is O=C(O[C@@H]1CCOC1)[C@H]1CCCCO1. The van der Waals surface area contributed by atoms with Gasteiger partial charge in [-0.3, -0.25) is 0 Å². The lowest BCUT2D eigenvalue weighted by Crippen LogP contribution is -2.33. The average Bonchev–Trinajstić information content (AvgIpc) is 2.72. The van der Waals surface area contributed by atoms with Gasteiger partial charge in [-0.1, -0.05) is 0 Å². The molecule has 0 aromatic carbocycles. The molecule has 0 amide bonds. The molecule has 0 unspecified atom stereocenters. The van der Waals surface area contributed by atoms with Gasteiger partial charge in [-0.15, -0.1) is 0 Å². The second kappa shape index (κ2) is 4.75. The standard InChI is InChI=1S/C10H16O4/c11-10(9-3-1-2-5-13-9)14-8-4-6-12-7-8/h8-9H,1-7H2/t8-,9-/m1/s1. The number of rotatable bonds is 2. The zero-order valence-corrected chi connectivity index (χ0v) is 8.24. The van der Waals surface area contributed by atoms with Crippen LogP contribution < -0.4 is 0 Å². The van der Waals surface area contributed by atoms with Crippen molar-refractivity contribution in [2.75, 3.05) is 19.8 Å². The van der Waals surface area contributed by atoms with Crippen molar-refractivity contribution in [2.24, 2.45) is 0 Å². The molecule has 4 heteroatoms. The molecule has 14 heavy (non-hydrogen) atoms. The first-order valence-electron chi connectivity index (χ1n) is 5.26. The van der Waals surface area contributed by atoms with Gasteiger partial charge in [0.25, 0.3) is 0 Å². The van der Waals surface area contributed by atoms with Crippen LogP contribution in [0.25, 0.3) is 0 Å². The number of carbonyl (C=O) groups excluding carboxylic acids is 1. The smallest absolute Gasteiger partial charge is 0.335 e. The average molecular weight is 200 g/mol. The minimum atomic E-state index is -0.329. The number of carbonyl (C=O) groups is 1. The van der Waals surface area contributed by atoms with Crippen molar-refractivity contribution in [1.82, 2.24) is 0 Å². The van der Waals surface area contributed by atoms with Gasteiger partial charge in [0.2, 0.25) is 0 Å². The molecular formula is C10H16O4. The van der Waals surface area contributed by atoms with Crippen molar-refractivity contribution >= 4 is 5.97 Å². The topological polar surface area (TPSA) is 44.8 Å². The highest BCUT2D eigenvalue weighted by Crippen LogP contribution is 2.16. The van der Waals surface area contributed by atoms with E-state index in [9.17, 15) is 4.79 Å². The second-order valence-corrected chi connectivity index (χ2v) is 3.78. The molecule has 0 aromatic heterocycles. The summed E-state index contributed by atoms with van der Waals surface area (Å²) in [6.07, 6.45) is 3.35. The third-order valence-corrected chi connectivity index (χ3v) is 2.61. The van der Waals surface area contributed by atoms with E-state index in [1.54, 1.807) is 0 Å². The fraction of sp³-hybridized carbons (Fsp3) is 0.900. The van der Waals surface area contributed by atoms with Gasteiger partial charge in [-0.2, -0.15) is 0 Å². The molecule has 2 heterocycles. The zero-order chi connectivity index (χ0) is 9.80. The molecule has 0 aromatic rings. The van der Waals surface area contributed by atoms with Gasteiger partial charge in [0.1, 0.15) is 6.10 Å². The molecule has 0 bridgehead atoms. The van der Waals surface area contributed by atoms with Crippen LogP contribution in [0.5, 0.6) is 0 Å². The molecule has 4 nitrogen and oxygen atoms in total. The van der Waals surface area contributed by atoms with E-state index in [1.165, 1.54) is 0 Å². The number of hydrogen-bond donors (Lipinski definition) is 0. The first kappa shape index (κ1) is 9.93. The van der Waals surface area contributed by atoms with Crippen LogP contribution in [0, 0.1) is 0 Å². The van der Waals surface area contributed by atoms with Crippen LogP contribution in [0.2, 0.25) is 0 Å². The molecule has 0 saturated carbocycles. The molecule has 2 rings (SSSR count). The molecule has 2 aliphatic rings. The zero-order valence-electron chi connectivity index (χ0n) is 8.24. The van der Waals surface area contributed by atoms with Crippen molar-refractivity contribution in [3.8, 4) is 0 Å². The van der Waals surface area contributed by atoms with Gasteiger partial charge < -0.3 is 14.2 Å². The van der Waals surface area contributed by atoms with E-state index in [0.29, 0.717) is 19.8 Å². The lowest BCUT2D eigenvalue weighted by molar-refractivity contribution is -0.165. The fourth-order valence-corrected chi connectivity index (χ4v) is 1.77. The Hall–Kier alpha value is -0.610. The van der Waals surface area contributed by atoms with Crippen molar-refractivity contribution in [3.63, 3.8) is 0 Å². The Morgan fingerprint density at radius 1 is 1.21 bits per heavy atom. The van der Waals surface area contributed by atoms with Gasteiger partial charge in [0.15, 0.2) is 6.10 Å². The van der Waals surface area contributed by atoms with Crippen molar-refractivity contribution in [2.45, 2.75) is 37.9 Å². The van der Waals surface area contributed by atoms with Crippen LogP contribution in [-0.4, -0.2) is 38.0 Å². The van der Waals surface area contributed by atoms with E-state index in [1.807, 2.05) is 0 Å². The highest BCUT2D eigenvalue weighted by molar-refractivity contribution is 5.74. The van der Waals surface area contributed by atoms with Crippen molar-refractivity contribution in [3.05, 3.63) is 0 Å². The maximum Gasteiger partial charge on any atom is 0.335 e. The first-order chi connectivity index (χ1) is 6.86. The first-order valence-corrected chi connectivity index (χ1v) is 5.26. The fourth-order valence-electron chi connectivity index (χ4n) is 1.77. The molecule has 0 spiro atoms. The summed E-state index contributed by atoms with van der Waals surface area (Å²) in [5, 5.41) is 0. The summed E-state index contributed by atoms with van der Waals surface area (Å²) in [5.41, 5.74) is 0. The van der Waals surface area contributed by atoms with Gasteiger partial charge >= 0.3 is 5.97 Å². The molecular weight excluding hydrogens is 184 g/mol. The van der Waals surface area contributed by atoms with E-state index in [0.717, 1.165) is 25.7 Å².